The van der Waals surface area contributed by atoms with Crippen molar-refractivity contribution in [3.63, 3.8) is 0 Å². The number of amides is 2. The number of aromatic nitrogens is 3. The monoisotopic (exact) mass is 441 g/mol. The molecule has 1 aromatic carbocycles. The van der Waals surface area contributed by atoms with Gasteiger partial charge >= 0.3 is 6.03 Å². The van der Waals surface area contributed by atoms with Gasteiger partial charge in [0, 0.05) is 48.0 Å². The van der Waals surface area contributed by atoms with Gasteiger partial charge in [0.25, 0.3) is 0 Å². The van der Waals surface area contributed by atoms with Crippen LogP contribution in [0.2, 0.25) is 5.02 Å². The summed E-state index contributed by atoms with van der Waals surface area (Å²) in [5.41, 5.74) is 2.22. The molecule has 2 aromatic heterocycles. The molecule has 1 atom stereocenters. The maximum absolute atomic E-state index is 12.6. The van der Waals surface area contributed by atoms with E-state index < -0.39 is 6.10 Å². The predicted octanol–water partition coefficient (Wildman–Crippen LogP) is 4.29. The van der Waals surface area contributed by atoms with Gasteiger partial charge < -0.3 is 15.3 Å². The van der Waals surface area contributed by atoms with Crippen LogP contribution >= 0.6 is 11.6 Å². The highest BCUT2D eigenvalue weighted by Gasteiger charge is 2.40. The largest absolute Gasteiger partial charge is 0.388 e. The molecule has 0 bridgehead atoms. The average molecular weight is 442 g/mol. The lowest BCUT2D eigenvalue weighted by molar-refractivity contribution is -0.0143. The normalized spacial score (nSPS) is 16.5. The van der Waals surface area contributed by atoms with Crippen molar-refractivity contribution >= 4 is 28.5 Å². The number of hydrogen-bond donors (Lipinski definition) is 3. The number of likely N-dealkylation sites (tertiary alicyclic amines) is 1. The Morgan fingerprint density at radius 2 is 2.03 bits per heavy atom. The van der Waals surface area contributed by atoms with E-state index in [1.165, 1.54) is 0 Å². The average Bonchev–Trinajstić information content (AvgIpc) is 3.25. The van der Waals surface area contributed by atoms with Crippen LogP contribution in [0.3, 0.4) is 0 Å². The van der Waals surface area contributed by atoms with Gasteiger partial charge in [0.15, 0.2) is 0 Å². The molecule has 8 heteroatoms. The molecule has 0 radical (unpaired) electrons. The Kier molecular flexibility index (Phi) is 6.16. The van der Waals surface area contributed by atoms with E-state index in [0.717, 1.165) is 34.9 Å². The highest BCUT2D eigenvalue weighted by Crippen LogP contribution is 2.46. The summed E-state index contributed by atoms with van der Waals surface area (Å²) in [6.45, 7) is 5.99. The van der Waals surface area contributed by atoms with Crippen LogP contribution in [0.5, 0.6) is 0 Å². The van der Waals surface area contributed by atoms with Crippen LogP contribution in [-0.2, 0) is 6.54 Å². The number of H-pyrrole nitrogens is 1. The topological polar surface area (TPSA) is 94.1 Å². The van der Waals surface area contributed by atoms with Crippen LogP contribution in [0.4, 0.5) is 4.79 Å². The number of piperidine rings is 1. The Morgan fingerprint density at radius 1 is 1.32 bits per heavy atom. The molecule has 1 saturated heterocycles. The minimum absolute atomic E-state index is 0.0531. The number of nitrogens with one attached hydrogen (secondary N) is 2. The second-order valence-corrected chi connectivity index (χ2v) is 9.27. The summed E-state index contributed by atoms with van der Waals surface area (Å²) < 4.78 is 0. The van der Waals surface area contributed by atoms with Crippen molar-refractivity contribution in [2.45, 2.75) is 39.3 Å². The molecule has 4 rings (SSSR count). The van der Waals surface area contributed by atoms with Crippen LogP contribution < -0.4 is 5.32 Å². The Bertz CT molecular complexity index is 1040. The number of hydrogen-bond acceptors (Lipinski definition) is 4. The maximum Gasteiger partial charge on any atom is 0.317 e. The molecule has 7 nitrogen and oxygen atoms in total. The van der Waals surface area contributed by atoms with Crippen molar-refractivity contribution in [1.29, 1.82) is 0 Å². The molecule has 3 N–H and O–H groups in total. The molecule has 0 spiro atoms. The Hall–Kier alpha value is -2.64. The van der Waals surface area contributed by atoms with Crippen LogP contribution in [0.25, 0.3) is 10.9 Å². The number of urea groups is 1. The number of aliphatic hydroxyl groups is 1. The summed E-state index contributed by atoms with van der Waals surface area (Å²) in [6.07, 6.45) is 6.12. The molecule has 164 valence electrons. The second kappa shape index (κ2) is 8.85. The van der Waals surface area contributed by atoms with E-state index in [0.29, 0.717) is 24.7 Å². The van der Waals surface area contributed by atoms with Crippen LogP contribution in [0.1, 0.15) is 43.9 Å². The number of fused-ring (bicyclic) bond motifs is 1. The third-order valence-corrected chi connectivity index (χ3v) is 6.79. The first kappa shape index (κ1) is 21.6. The lowest BCUT2D eigenvalue weighted by Crippen LogP contribution is -2.47. The Labute approximate surface area is 186 Å². The van der Waals surface area contributed by atoms with Gasteiger partial charge in [-0.25, -0.2) is 4.79 Å². The van der Waals surface area contributed by atoms with Crippen molar-refractivity contribution in [1.82, 2.24) is 25.4 Å². The predicted molar refractivity (Wildman–Crippen MR) is 121 cm³/mol. The number of halogens is 1. The molecule has 1 unspecified atom stereocenters. The van der Waals surface area contributed by atoms with Crippen LogP contribution in [0, 0.1) is 11.3 Å². The van der Waals surface area contributed by atoms with Gasteiger partial charge in [0.1, 0.15) is 0 Å². The molecule has 0 saturated carbocycles. The van der Waals surface area contributed by atoms with Crippen molar-refractivity contribution < 1.29 is 9.90 Å². The molecule has 0 aliphatic carbocycles. The molecule has 3 aromatic rings. The molecule has 2 amide bonds. The first-order valence-electron chi connectivity index (χ1n) is 10.6. The Morgan fingerprint density at radius 3 is 2.74 bits per heavy atom. The summed E-state index contributed by atoms with van der Waals surface area (Å²) in [5, 5.41) is 22.9. The van der Waals surface area contributed by atoms with Crippen molar-refractivity contribution in [3.05, 3.63) is 59.0 Å². The number of carbonyl (C=O) groups excluding carboxylic acids is 1. The molecule has 1 aliphatic heterocycles. The van der Waals surface area contributed by atoms with Crippen LogP contribution in [0.15, 0.2) is 42.9 Å². The van der Waals surface area contributed by atoms with Gasteiger partial charge in [-0.3, -0.25) is 10.1 Å². The molecular weight excluding hydrogens is 414 g/mol. The summed E-state index contributed by atoms with van der Waals surface area (Å²) in [4.78, 5) is 18.4. The van der Waals surface area contributed by atoms with E-state index in [2.05, 4.69) is 34.3 Å². The van der Waals surface area contributed by atoms with E-state index in [9.17, 15) is 9.90 Å². The molecule has 3 heterocycles. The van der Waals surface area contributed by atoms with Crippen molar-refractivity contribution in [2.75, 3.05) is 13.1 Å². The van der Waals surface area contributed by atoms with Gasteiger partial charge in [0.2, 0.25) is 0 Å². The zero-order valence-corrected chi connectivity index (χ0v) is 18.6. The van der Waals surface area contributed by atoms with Gasteiger partial charge in [-0.05, 0) is 54.0 Å². The fourth-order valence-electron chi connectivity index (χ4n) is 4.50. The number of carbonyl (C=O) groups is 1. The van der Waals surface area contributed by atoms with Gasteiger partial charge in [0.05, 0.1) is 17.8 Å². The number of benzene rings is 1. The van der Waals surface area contributed by atoms with Crippen molar-refractivity contribution in [3.8, 4) is 0 Å². The van der Waals surface area contributed by atoms with Gasteiger partial charge in [-0.2, -0.15) is 5.10 Å². The van der Waals surface area contributed by atoms with Gasteiger partial charge in [-0.15, -0.1) is 0 Å². The minimum atomic E-state index is -0.703. The number of aromatic amines is 1. The second-order valence-electron chi connectivity index (χ2n) is 8.83. The smallest absolute Gasteiger partial charge is 0.317 e. The summed E-state index contributed by atoms with van der Waals surface area (Å²) in [6, 6.07) is 7.39. The number of pyridine rings is 1. The first-order chi connectivity index (χ1) is 14.9. The lowest BCUT2D eigenvalue weighted by atomic mass is 9.68. The van der Waals surface area contributed by atoms with E-state index >= 15 is 0 Å². The third kappa shape index (κ3) is 4.52. The Balaban J connectivity index is 1.39. The van der Waals surface area contributed by atoms with E-state index in [1.807, 2.05) is 29.2 Å². The first-order valence-corrected chi connectivity index (χ1v) is 11.0. The summed E-state index contributed by atoms with van der Waals surface area (Å²) in [7, 11) is 0. The lowest BCUT2D eigenvalue weighted by Gasteiger charge is -2.43. The van der Waals surface area contributed by atoms with Crippen LogP contribution in [-0.4, -0.2) is 44.3 Å². The number of rotatable bonds is 5. The fraction of sp³-hybridized carbons (Fsp3) is 0.435. The highest BCUT2D eigenvalue weighted by molar-refractivity contribution is 6.31. The van der Waals surface area contributed by atoms with Gasteiger partial charge in [-0.1, -0.05) is 25.4 Å². The molecule has 31 heavy (non-hydrogen) atoms. The van der Waals surface area contributed by atoms with E-state index in [4.69, 9.17) is 11.6 Å². The van der Waals surface area contributed by atoms with E-state index in [1.54, 1.807) is 18.6 Å². The van der Waals surface area contributed by atoms with Crippen molar-refractivity contribution in [2.24, 2.45) is 11.3 Å². The van der Waals surface area contributed by atoms with E-state index in [-0.39, 0.29) is 17.4 Å². The zero-order valence-electron chi connectivity index (χ0n) is 17.8. The summed E-state index contributed by atoms with van der Waals surface area (Å²) >= 11 is 6.28. The molecule has 1 aliphatic rings. The maximum atomic E-state index is 12.6. The molecule has 1 fully saturated rings. The minimum Gasteiger partial charge on any atom is -0.388 e. The highest BCUT2D eigenvalue weighted by atomic mass is 35.5. The zero-order chi connectivity index (χ0) is 22.0. The fourth-order valence-corrected chi connectivity index (χ4v) is 4.74. The SMILES string of the molecule is CC(C)(C1CCN(C(=O)NCc2ccncc2)CC1)C(O)c1cc(Cl)cc2cn[nH]c12. The molecular formula is C23H28ClN5O2. The quantitative estimate of drug-likeness (QED) is 0.550. The third-order valence-electron chi connectivity index (χ3n) is 6.57. The summed E-state index contributed by atoms with van der Waals surface area (Å²) in [5.74, 6) is 0.267. The standard InChI is InChI=1S/C23H28ClN5O2/c1-23(2,21(30)19-12-18(24)11-16-14-27-28-20(16)19)17-5-9-29(10-6-17)22(31)26-13-15-3-7-25-8-4-15/h3-4,7-8,11-12,14,17,21,30H,5-6,9-10,13H2,1-2H3,(H,26,31)(H,27,28). The number of aliphatic hydroxyl groups excluding tert-OH is 1. The number of nitrogens with zero attached hydrogens (tertiary/aromatic N) is 3.